The van der Waals surface area contributed by atoms with E-state index in [4.69, 9.17) is 0 Å². The highest BCUT2D eigenvalue weighted by atomic mass is 28.9. The van der Waals surface area contributed by atoms with E-state index in [1.807, 2.05) is 0 Å². The minimum absolute atomic E-state index is 0.968. The summed E-state index contributed by atoms with van der Waals surface area (Å²) < 4.78 is 0. The Kier molecular flexibility index (Phi) is 3.05. The lowest BCUT2D eigenvalue weighted by Gasteiger charge is -2.05. The summed E-state index contributed by atoms with van der Waals surface area (Å²) in [6.07, 6.45) is 0. The van der Waals surface area contributed by atoms with Crippen LogP contribution in [0.2, 0.25) is 0 Å². The van der Waals surface area contributed by atoms with Gasteiger partial charge >= 0.3 is 0 Å². The minimum Gasteiger partial charge on any atom is -0.0621 e. The molecule has 0 aromatic heterocycles. The Morgan fingerprint density at radius 1 is 0.438 bits per heavy atom. The second-order valence-corrected chi connectivity index (χ2v) is 9.75. The Morgan fingerprint density at radius 2 is 0.688 bits per heavy atom. The molecule has 0 N–H and O–H groups in total. The molecular formula is C12H8Si4. The Bertz CT molecular complexity index is 484. The molecule has 72 valence electrons. The van der Waals surface area contributed by atoms with Crippen molar-refractivity contribution in [1.82, 2.24) is 0 Å². The van der Waals surface area contributed by atoms with Crippen molar-refractivity contribution in [3.63, 3.8) is 0 Å². The highest BCUT2D eigenvalue weighted by molar-refractivity contribution is 6.99. The van der Waals surface area contributed by atoms with Crippen LogP contribution in [0.25, 0.3) is 0 Å². The van der Waals surface area contributed by atoms with E-state index in [0.717, 1.165) is 34.5 Å². The number of hydrogen-bond acceptors (Lipinski definition) is 0. The van der Waals surface area contributed by atoms with Crippen LogP contribution in [0.4, 0.5) is 0 Å². The summed E-state index contributed by atoms with van der Waals surface area (Å²) in [6.45, 7) is 0. The number of hydrogen-bond donors (Lipinski definition) is 0. The molecule has 2 aromatic rings. The van der Waals surface area contributed by atoms with E-state index in [9.17, 15) is 0 Å². The van der Waals surface area contributed by atoms with Crippen LogP contribution in [-0.4, -0.2) is 34.5 Å². The summed E-state index contributed by atoms with van der Waals surface area (Å²) in [5, 5.41) is 6.39. The average Bonchev–Trinajstić information content (AvgIpc) is 2.32. The third-order valence-electron chi connectivity index (χ3n) is 2.52. The van der Waals surface area contributed by atoms with E-state index in [1.54, 1.807) is 20.7 Å². The van der Waals surface area contributed by atoms with Crippen molar-refractivity contribution in [3.05, 3.63) is 48.5 Å². The maximum absolute atomic E-state index is 2.31. The van der Waals surface area contributed by atoms with E-state index < -0.39 is 0 Å². The molecule has 0 atom stereocenters. The van der Waals surface area contributed by atoms with E-state index in [0.29, 0.717) is 0 Å². The molecule has 0 fully saturated rings. The molecule has 0 unspecified atom stereocenters. The monoisotopic (exact) mass is 264 g/mol. The Morgan fingerprint density at radius 3 is 0.938 bits per heavy atom. The smallest absolute Gasteiger partial charge is 0.0405 e. The average molecular weight is 265 g/mol. The maximum atomic E-state index is 2.31. The van der Waals surface area contributed by atoms with Crippen LogP contribution < -0.4 is 20.7 Å². The van der Waals surface area contributed by atoms with Gasteiger partial charge in [0.05, 0.1) is 0 Å². The van der Waals surface area contributed by atoms with Gasteiger partial charge in [-0.2, -0.15) is 0 Å². The fourth-order valence-electron chi connectivity index (χ4n) is 1.67. The topological polar surface area (TPSA) is 0 Å². The lowest BCUT2D eigenvalue weighted by molar-refractivity contribution is 1.82. The van der Waals surface area contributed by atoms with Crippen molar-refractivity contribution in [2.75, 3.05) is 0 Å². The quantitative estimate of drug-likeness (QED) is 0.436. The van der Waals surface area contributed by atoms with Gasteiger partial charge in [-0.1, -0.05) is 48.5 Å². The lowest BCUT2D eigenvalue weighted by atomic mass is 10.4. The molecule has 0 bridgehead atoms. The van der Waals surface area contributed by atoms with Gasteiger partial charge in [0.1, 0.15) is 0 Å². The van der Waals surface area contributed by atoms with Crippen LogP contribution in [0, 0.1) is 0 Å². The van der Waals surface area contributed by atoms with Gasteiger partial charge < -0.3 is 0 Å². The first-order valence-corrected chi connectivity index (χ1v) is 11.2. The summed E-state index contributed by atoms with van der Waals surface area (Å²) in [7, 11) is 3.87. The van der Waals surface area contributed by atoms with Crippen molar-refractivity contribution in [3.8, 4) is 0 Å². The van der Waals surface area contributed by atoms with Gasteiger partial charge in [-0.25, -0.2) is 0 Å². The normalized spacial score (nSPS) is 16.5. The van der Waals surface area contributed by atoms with Crippen molar-refractivity contribution in [1.29, 1.82) is 0 Å². The molecule has 0 saturated heterocycles. The SMILES string of the molecule is c1ccc2c(c1)/[Si]=[Si]\c1ccccc1/[Si]=[Si]/2. The van der Waals surface area contributed by atoms with Crippen LogP contribution in [0.5, 0.6) is 0 Å². The first-order chi connectivity index (χ1) is 7.93. The molecular weight excluding hydrogens is 256 g/mol. The molecule has 1 aliphatic heterocycles. The van der Waals surface area contributed by atoms with Gasteiger partial charge in [0.2, 0.25) is 0 Å². The first kappa shape index (κ1) is 10.5. The van der Waals surface area contributed by atoms with Crippen LogP contribution in [0.15, 0.2) is 48.5 Å². The standard InChI is InChI=1S/C12H8Si4/c1-2-6-10-9(5-1)13-15-11-7-3-4-8-12(11)16-14-10/h1-8H. The zero-order chi connectivity index (χ0) is 10.8. The minimum atomic E-state index is 0.968. The molecule has 0 amide bonds. The molecule has 4 radical (unpaired) electrons. The second kappa shape index (κ2) is 4.66. The van der Waals surface area contributed by atoms with Crippen LogP contribution in [0.3, 0.4) is 0 Å². The number of benzene rings is 2. The largest absolute Gasteiger partial charge is 0.0621 e. The molecule has 16 heavy (non-hydrogen) atoms. The molecule has 1 aliphatic rings. The lowest BCUT2D eigenvalue weighted by Crippen LogP contribution is -2.42. The molecule has 0 spiro atoms. The van der Waals surface area contributed by atoms with E-state index in [-0.39, 0.29) is 0 Å². The van der Waals surface area contributed by atoms with Crippen LogP contribution >= 0.6 is 0 Å². The molecule has 0 saturated carbocycles. The summed E-state index contributed by atoms with van der Waals surface area (Å²) in [4.78, 5) is 0. The van der Waals surface area contributed by atoms with Gasteiger partial charge in [-0.15, -0.1) is 0 Å². The Labute approximate surface area is 104 Å². The summed E-state index contributed by atoms with van der Waals surface area (Å²) in [5.74, 6) is 0. The predicted octanol–water partition coefficient (Wildman–Crippen LogP) is -1.45. The summed E-state index contributed by atoms with van der Waals surface area (Å²) in [6, 6.07) is 18.0. The van der Waals surface area contributed by atoms with Crippen LogP contribution in [0.1, 0.15) is 0 Å². The van der Waals surface area contributed by atoms with E-state index in [2.05, 4.69) is 48.5 Å². The van der Waals surface area contributed by atoms with Gasteiger partial charge in [0, 0.05) is 34.5 Å². The highest BCUT2D eigenvalue weighted by Gasteiger charge is 2.02. The zero-order valence-corrected chi connectivity index (χ0v) is 12.6. The number of rotatable bonds is 0. The van der Waals surface area contributed by atoms with E-state index in [1.165, 1.54) is 0 Å². The summed E-state index contributed by atoms with van der Waals surface area (Å²) >= 11 is 0. The molecule has 1 heterocycles. The van der Waals surface area contributed by atoms with Gasteiger partial charge in [-0.3, -0.25) is 0 Å². The van der Waals surface area contributed by atoms with Crippen molar-refractivity contribution >= 4 is 55.2 Å². The van der Waals surface area contributed by atoms with E-state index >= 15 is 0 Å². The fraction of sp³-hybridized carbons (Fsp3) is 0. The van der Waals surface area contributed by atoms with Crippen molar-refractivity contribution < 1.29 is 0 Å². The third kappa shape index (κ3) is 2.06. The van der Waals surface area contributed by atoms with Crippen molar-refractivity contribution in [2.45, 2.75) is 0 Å². The van der Waals surface area contributed by atoms with Gasteiger partial charge in [0.25, 0.3) is 0 Å². The molecule has 4 heteroatoms. The van der Waals surface area contributed by atoms with Crippen LogP contribution in [-0.2, 0) is 0 Å². The maximum Gasteiger partial charge on any atom is 0.0405 e. The highest BCUT2D eigenvalue weighted by Crippen LogP contribution is 1.80. The number of fused-ring (bicyclic) bond motifs is 2. The molecule has 0 nitrogen and oxygen atoms in total. The zero-order valence-electron chi connectivity index (χ0n) is 8.62. The molecule has 0 aliphatic carbocycles. The fourth-order valence-corrected chi connectivity index (χ4v) is 10.3. The molecule has 2 aromatic carbocycles. The third-order valence-corrected chi connectivity index (χ3v) is 10.1. The van der Waals surface area contributed by atoms with Crippen molar-refractivity contribution in [2.24, 2.45) is 0 Å². The summed E-state index contributed by atoms with van der Waals surface area (Å²) in [5.41, 5.74) is 0. The Hall–Kier alpha value is -0.692. The second-order valence-electron chi connectivity index (χ2n) is 3.59. The first-order valence-electron chi connectivity index (χ1n) is 5.15. The van der Waals surface area contributed by atoms with Gasteiger partial charge in [-0.05, 0) is 20.7 Å². The Balaban J connectivity index is 2.18. The molecule has 3 rings (SSSR count). The predicted molar refractivity (Wildman–Crippen MR) is 74.4 cm³/mol. The van der Waals surface area contributed by atoms with Gasteiger partial charge in [0.15, 0.2) is 0 Å².